The molecule has 120 valence electrons. The second kappa shape index (κ2) is 9.19. The molecule has 0 aromatic heterocycles. The monoisotopic (exact) mass is 296 g/mol. The van der Waals surface area contributed by atoms with Crippen molar-refractivity contribution in [2.24, 2.45) is 11.8 Å². The molecule has 21 heavy (non-hydrogen) atoms. The molecule has 0 aliphatic carbocycles. The summed E-state index contributed by atoms with van der Waals surface area (Å²) in [6, 6.07) is 0. The van der Waals surface area contributed by atoms with Crippen LogP contribution in [0.25, 0.3) is 0 Å². The Kier molecular flexibility index (Phi) is 7.95. The molecule has 1 fully saturated rings. The average molecular weight is 296 g/mol. The maximum atomic E-state index is 11.7. The standard InChI is InChI=1S/C17H28O4/c1-4-14(11-18)7-9-16(19)10-8-15-12-20-17(5-2,6-3)21-13-15/h14-15,18H,4-7,9,11-13H2,1-3H3. The predicted octanol–water partition coefficient (Wildman–Crippen LogP) is 2.54. The molecule has 1 unspecified atom stereocenters. The fourth-order valence-corrected chi connectivity index (χ4v) is 2.34. The second-order valence-electron chi connectivity index (χ2n) is 5.62. The van der Waals surface area contributed by atoms with Crippen LogP contribution >= 0.6 is 0 Å². The van der Waals surface area contributed by atoms with Crippen molar-refractivity contribution < 1.29 is 19.4 Å². The average Bonchev–Trinajstić information content (AvgIpc) is 2.54. The van der Waals surface area contributed by atoms with Crippen LogP contribution in [0.15, 0.2) is 0 Å². The third kappa shape index (κ3) is 5.78. The Morgan fingerprint density at radius 2 is 1.90 bits per heavy atom. The Hall–Kier alpha value is -0.890. The molecule has 1 saturated heterocycles. The molecule has 0 aromatic carbocycles. The lowest BCUT2D eigenvalue weighted by Crippen LogP contribution is -2.43. The van der Waals surface area contributed by atoms with Gasteiger partial charge in [-0.3, -0.25) is 4.79 Å². The van der Waals surface area contributed by atoms with E-state index in [0.29, 0.717) is 26.1 Å². The van der Waals surface area contributed by atoms with Gasteiger partial charge in [0.15, 0.2) is 5.79 Å². The first-order chi connectivity index (χ1) is 10.1. The summed E-state index contributed by atoms with van der Waals surface area (Å²) in [5.74, 6) is 5.29. The highest BCUT2D eigenvalue weighted by molar-refractivity contribution is 5.95. The molecule has 1 heterocycles. The zero-order valence-corrected chi connectivity index (χ0v) is 13.5. The van der Waals surface area contributed by atoms with Gasteiger partial charge in [-0.2, -0.15) is 0 Å². The molecule has 1 aliphatic rings. The van der Waals surface area contributed by atoms with Crippen LogP contribution < -0.4 is 0 Å². The van der Waals surface area contributed by atoms with Gasteiger partial charge in [0.1, 0.15) is 0 Å². The first-order valence-corrected chi connectivity index (χ1v) is 8.02. The van der Waals surface area contributed by atoms with Gasteiger partial charge < -0.3 is 14.6 Å². The maximum Gasteiger partial charge on any atom is 0.205 e. The minimum absolute atomic E-state index is 0.0278. The Labute approximate surface area is 128 Å². The maximum absolute atomic E-state index is 11.7. The SMILES string of the molecule is CCC(CO)CCC(=O)C#CC1COC(CC)(CC)OC1. The Morgan fingerprint density at radius 1 is 1.29 bits per heavy atom. The lowest BCUT2D eigenvalue weighted by Gasteiger charge is -2.37. The van der Waals surface area contributed by atoms with E-state index in [9.17, 15) is 4.79 Å². The number of hydrogen-bond acceptors (Lipinski definition) is 4. The van der Waals surface area contributed by atoms with Crippen molar-refractivity contribution in [1.82, 2.24) is 0 Å². The third-order valence-electron chi connectivity index (χ3n) is 4.20. The van der Waals surface area contributed by atoms with E-state index in [4.69, 9.17) is 14.6 Å². The van der Waals surface area contributed by atoms with Crippen LogP contribution in [0.1, 0.15) is 52.9 Å². The van der Waals surface area contributed by atoms with Gasteiger partial charge in [0.05, 0.1) is 19.1 Å². The van der Waals surface area contributed by atoms with Gasteiger partial charge >= 0.3 is 0 Å². The lowest BCUT2D eigenvalue weighted by molar-refractivity contribution is -0.279. The summed E-state index contributed by atoms with van der Waals surface area (Å²) in [6.45, 7) is 7.29. The zero-order chi connectivity index (χ0) is 15.7. The van der Waals surface area contributed by atoms with Gasteiger partial charge in [-0.1, -0.05) is 33.1 Å². The number of rotatable bonds is 7. The molecule has 0 bridgehead atoms. The summed E-state index contributed by atoms with van der Waals surface area (Å²) in [6.07, 6.45) is 3.64. The molecular weight excluding hydrogens is 268 g/mol. The van der Waals surface area contributed by atoms with E-state index in [1.807, 2.05) is 20.8 Å². The summed E-state index contributed by atoms with van der Waals surface area (Å²) < 4.78 is 11.5. The van der Waals surface area contributed by atoms with E-state index >= 15 is 0 Å². The summed E-state index contributed by atoms with van der Waals surface area (Å²) in [4.78, 5) is 11.7. The van der Waals surface area contributed by atoms with Gasteiger partial charge in [-0.05, 0) is 31.1 Å². The van der Waals surface area contributed by atoms with Crippen LogP contribution in [0, 0.1) is 23.7 Å². The van der Waals surface area contributed by atoms with Crippen LogP contribution in [-0.4, -0.2) is 36.5 Å². The summed E-state index contributed by atoms with van der Waals surface area (Å²) in [5, 5.41) is 9.09. The van der Waals surface area contributed by atoms with Crippen molar-refractivity contribution in [3.05, 3.63) is 0 Å². The number of ketones is 1. The minimum Gasteiger partial charge on any atom is -0.396 e. The molecule has 4 nitrogen and oxygen atoms in total. The van der Waals surface area contributed by atoms with Crippen LogP contribution in [0.2, 0.25) is 0 Å². The molecular formula is C17H28O4. The van der Waals surface area contributed by atoms with E-state index < -0.39 is 5.79 Å². The highest BCUT2D eigenvalue weighted by atomic mass is 16.7. The second-order valence-corrected chi connectivity index (χ2v) is 5.62. The number of carbonyl (C=O) groups excluding carboxylic acids is 1. The molecule has 1 N–H and O–H groups in total. The summed E-state index contributed by atoms with van der Waals surface area (Å²) in [5.41, 5.74) is 0. The van der Waals surface area contributed by atoms with Crippen molar-refractivity contribution in [3.8, 4) is 11.8 Å². The number of aliphatic hydroxyl groups is 1. The van der Waals surface area contributed by atoms with E-state index in [1.165, 1.54) is 0 Å². The van der Waals surface area contributed by atoms with E-state index in [0.717, 1.165) is 19.3 Å². The van der Waals surface area contributed by atoms with Gasteiger partial charge in [0, 0.05) is 13.0 Å². The minimum atomic E-state index is -0.461. The van der Waals surface area contributed by atoms with Crippen LogP contribution in [0.3, 0.4) is 0 Å². The molecule has 1 atom stereocenters. The molecule has 0 aromatic rings. The normalized spacial score (nSPS) is 19.6. The highest BCUT2D eigenvalue weighted by Gasteiger charge is 2.33. The Bertz CT molecular complexity index is 362. The quantitative estimate of drug-likeness (QED) is 0.579. The molecule has 1 aliphatic heterocycles. The number of hydrogen-bond donors (Lipinski definition) is 1. The van der Waals surface area contributed by atoms with Crippen LogP contribution in [-0.2, 0) is 14.3 Å². The Balaban J connectivity index is 2.37. The molecule has 0 radical (unpaired) electrons. The topological polar surface area (TPSA) is 55.8 Å². The first-order valence-electron chi connectivity index (χ1n) is 8.02. The van der Waals surface area contributed by atoms with Crippen molar-refractivity contribution in [2.75, 3.05) is 19.8 Å². The van der Waals surface area contributed by atoms with Crippen LogP contribution in [0.5, 0.6) is 0 Å². The highest BCUT2D eigenvalue weighted by Crippen LogP contribution is 2.27. The third-order valence-corrected chi connectivity index (χ3v) is 4.20. The van der Waals surface area contributed by atoms with Crippen molar-refractivity contribution in [2.45, 2.75) is 58.7 Å². The van der Waals surface area contributed by atoms with Crippen molar-refractivity contribution in [1.29, 1.82) is 0 Å². The van der Waals surface area contributed by atoms with Crippen molar-refractivity contribution >= 4 is 5.78 Å². The van der Waals surface area contributed by atoms with Gasteiger partial charge in [0.2, 0.25) is 5.78 Å². The lowest BCUT2D eigenvalue weighted by atomic mass is 10.00. The number of ether oxygens (including phenoxy) is 2. The van der Waals surface area contributed by atoms with Crippen LogP contribution in [0.4, 0.5) is 0 Å². The predicted molar refractivity (Wildman–Crippen MR) is 81.6 cm³/mol. The fraction of sp³-hybridized carbons (Fsp3) is 0.824. The number of aliphatic hydroxyl groups excluding tert-OH is 1. The summed E-state index contributed by atoms with van der Waals surface area (Å²) >= 11 is 0. The smallest absolute Gasteiger partial charge is 0.205 e. The Morgan fingerprint density at radius 3 is 2.38 bits per heavy atom. The van der Waals surface area contributed by atoms with E-state index in [2.05, 4.69) is 11.8 Å². The van der Waals surface area contributed by atoms with Gasteiger partial charge in [0.25, 0.3) is 0 Å². The zero-order valence-electron chi connectivity index (χ0n) is 13.5. The van der Waals surface area contributed by atoms with E-state index in [1.54, 1.807) is 0 Å². The van der Waals surface area contributed by atoms with E-state index in [-0.39, 0.29) is 24.2 Å². The largest absolute Gasteiger partial charge is 0.396 e. The molecule has 4 heteroatoms. The van der Waals surface area contributed by atoms with Crippen molar-refractivity contribution in [3.63, 3.8) is 0 Å². The molecule has 0 spiro atoms. The number of carbonyl (C=O) groups is 1. The summed E-state index contributed by atoms with van der Waals surface area (Å²) in [7, 11) is 0. The molecule has 0 amide bonds. The molecule has 0 saturated carbocycles. The van der Waals surface area contributed by atoms with Gasteiger partial charge in [-0.15, -0.1) is 0 Å². The molecule has 1 rings (SSSR count). The first kappa shape index (κ1) is 18.2. The number of Topliss-reactive ketones (excluding diaryl/α,β-unsaturated/α-hetero) is 1. The van der Waals surface area contributed by atoms with Gasteiger partial charge in [-0.25, -0.2) is 0 Å². The fourth-order valence-electron chi connectivity index (χ4n) is 2.34.